The first-order valence-electron chi connectivity index (χ1n) is 6.44. The van der Waals surface area contributed by atoms with Gasteiger partial charge in [-0.15, -0.1) is 0 Å². The average molecular weight is 262 g/mol. The molecule has 2 aliphatic rings. The highest BCUT2D eigenvalue weighted by Gasteiger charge is 2.37. The van der Waals surface area contributed by atoms with Gasteiger partial charge in [0, 0.05) is 13.1 Å². The molecule has 0 aromatic heterocycles. The fraction of sp³-hybridized carbons (Fsp3) is 1.00. The zero-order chi connectivity index (χ0) is 12.3. The van der Waals surface area contributed by atoms with Gasteiger partial charge >= 0.3 is 0 Å². The maximum atomic E-state index is 12.5. The van der Waals surface area contributed by atoms with Crippen LogP contribution in [0.4, 0.5) is 0 Å². The summed E-state index contributed by atoms with van der Waals surface area (Å²) in [7, 11) is -3.17. The molecule has 6 heteroatoms. The quantitative estimate of drug-likeness (QED) is 0.794. The summed E-state index contributed by atoms with van der Waals surface area (Å²) >= 11 is 0. The summed E-state index contributed by atoms with van der Waals surface area (Å²) in [5.74, 6) is 0. The molecule has 1 heterocycles. The van der Waals surface area contributed by atoms with Crippen molar-refractivity contribution in [2.24, 2.45) is 5.73 Å². The first kappa shape index (κ1) is 13.3. The molecule has 5 nitrogen and oxygen atoms in total. The lowest BCUT2D eigenvalue weighted by atomic mass is 10.0. The van der Waals surface area contributed by atoms with Crippen molar-refractivity contribution in [3.8, 4) is 0 Å². The van der Waals surface area contributed by atoms with E-state index in [4.69, 9.17) is 10.5 Å². The number of morpholine rings is 1. The second-order valence-electron chi connectivity index (χ2n) is 4.88. The number of rotatable bonds is 3. The van der Waals surface area contributed by atoms with Crippen LogP contribution in [0.5, 0.6) is 0 Å². The lowest BCUT2D eigenvalue weighted by molar-refractivity contribution is 0.0351. The van der Waals surface area contributed by atoms with E-state index in [9.17, 15) is 8.42 Å². The van der Waals surface area contributed by atoms with Gasteiger partial charge in [0.05, 0.1) is 24.5 Å². The number of nitrogens with two attached hydrogens (primary N) is 1. The first-order chi connectivity index (χ1) is 8.16. The number of ether oxygens (including phenoxy) is 1. The van der Waals surface area contributed by atoms with Crippen LogP contribution in [0.2, 0.25) is 0 Å². The normalized spacial score (nSPS) is 29.4. The van der Waals surface area contributed by atoms with Crippen LogP contribution in [0.1, 0.15) is 32.1 Å². The van der Waals surface area contributed by atoms with Crippen molar-refractivity contribution in [1.29, 1.82) is 0 Å². The third kappa shape index (κ3) is 2.81. The van der Waals surface area contributed by atoms with E-state index in [0.717, 1.165) is 32.1 Å². The Morgan fingerprint density at radius 3 is 2.59 bits per heavy atom. The Labute approximate surface area is 103 Å². The summed E-state index contributed by atoms with van der Waals surface area (Å²) in [5, 5.41) is -0.191. The van der Waals surface area contributed by atoms with Crippen molar-refractivity contribution >= 4 is 10.0 Å². The molecule has 0 amide bonds. The molecule has 1 unspecified atom stereocenters. The highest BCUT2D eigenvalue weighted by Crippen LogP contribution is 2.27. The van der Waals surface area contributed by atoms with Crippen molar-refractivity contribution in [2.75, 3.05) is 26.3 Å². The van der Waals surface area contributed by atoms with Crippen LogP contribution in [0, 0.1) is 0 Å². The molecule has 0 spiro atoms. The average Bonchev–Trinajstić information content (AvgIpc) is 2.39. The fourth-order valence-electron chi connectivity index (χ4n) is 2.71. The van der Waals surface area contributed by atoms with Crippen molar-refractivity contribution in [2.45, 2.75) is 43.4 Å². The van der Waals surface area contributed by atoms with Crippen LogP contribution in [-0.2, 0) is 14.8 Å². The SMILES string of the molecule is NCC1COCCN1S(=O)(=O)C1CCCCC1. The zero-order valence-corrected chi connectivity index (χ0v) is 11.0. The zero-order valence-electron chi connectivity index (χ0n) is 10.2. The Morgan fingerprint density at radius 1 is 1.24 bits per heavy atom. The van der Waals surface area contributed by atoms with Crippen LogP contribution < -0.4 is 5.73 Å². The number of nitrogens with zero attached hydrogens (tertiary/aromatic N) is 1. The van der Waals surface area contributed by atoms with Gasteiger partial charge in [-0.1, -0.05) is 19.3 Å². The summed E-state index contributed by atoms with van der Waals surface area (Å²) in [5.41, 5.74) is 5.63. The van der Waals surface area contributed by atoms with Crippen LogP contribution >= 0.6 is 0 Å². The van der Waals surface area contributed by atoms with E-state index < -0.39 is 10.0 Å². The van der Waals surface area contributed by atoms with Crippen LogP contribution in [0.25, 0.3) is 0 Å². The predicted octanol–water partition coefficient (Wildman–Crippen LogP) is 0.308. The molecule has 2 N–H and O–H groups in total. The van der Waals surface area contributed by atoms with Gasteiger partial charge in [0.2, 0.25) is 10.0 Å². The van der Waals surface area contributed by atoms with Gasteiger partial charge in [-0.05, 0) is 12.8 Å². The van der Waals surface area contributed by atoms with Crippen molar-refractivity contribution in [1.82, 2.24) is 4.31 Å². The second kappa shape index (κ2) is 5.65. The smallest absolute Gasteiger partial charge is 0.217 e. The molecule has 17 heavy (non-hydrogen) atoms. The molecule has 1 saturated heterocycles. The van der Waals surface area contributed by atoms with Gasteiger partial charge < -0.3 is 10.5 Å². The summed E-state index contributed by atoms with van der Waals surface area (Å²) in [4.78, 5) is 0. The van der Waals surface area contributed by atoms with Gasteiger partial charge in [0.1, 0.15) is 0 Å². The van der Waals surface area contributed by atoms with E-state index in [1.54, 1.807) is 4.31 Å². The minimum atomic E-state index is -3.17. The first-order valence-corrected chi connectivity index (χ1v) is 7.95. The van der Waals surface area contributed by atoms with Gasteiger partial charge in [-0.25, -0.2) is 8.42 Å². The van der Waals surface area contributed by atoms with E-state index in [2.05, 4.69) is 0 Å². The third-order valence-electron chi connectivity index (χ3n) is 3.75. The van der Waals surface area contributed by atoms with Crippen molar-refractivity contribution in [3.05, 3.63) is 0 Å². The standard InChI is InChI=1S/C11H22N2O3S/c12-8-10-9-16-7-6-13(10)17(14,15)11-4-2-1-3-5-11/h10-11H,1-9,12H2. The Morgan fingerprint density at radius 2 is 1.94 bits per heavy atom. The third-order valence-corrected chi connectivity index (χ3v) is 6.19. The number of hydrogen-bond donors (Lipinski definition) is 1. The molecular formula is C11H22N2O3S. The Hall–Kier alpha value is -0.170. The summed E-state index contributed by atoms with van der Waals surface area (Å²) in [6, 6.07) is -0.171. The summed E-state index contributed by atoms with van der Waals surface area (Å²) in [6.07, 6.45) is 4.83. The maximum Gasteiger partial charge on any atom is 0.217 e. The Kier molecular flexibility index (Phi) is 4.41. The minimum absolute atomic E-state index is 0.171. The molecule has 2 fully saturated rings. The highest BCUT2D eigenvalue weighted by atomic mass is 32.2. The van der Waals surface area contributed by atoms with Gasteiger partial charge in [0.15, 0.2) is 0 Å². The van der Waals surface area contributed by atoms with Gasteiger partial charge in [-0.2, -0.15) is 4.31 Å². The van der Waals surface area contributed by atoms with Gasteiger partial charge in [-0.3, -0.25) is 0 Å². The molecule has 1 saturated carbocycles. The van der Waals surface area contributed by atoms with E-state index in [-0.39, 0.29) is 11.3 Å². The molecule has 0 radical (unpaired) electrons. The van der Waals surface area contributed by atoms with E-state index in [1.165, 1.54) is 0 Å². The van der Waals surface area contributed by atoms with Crippen molar-refractivity contribution < 1.29 is 13.2 Å². The highest BCUT2D eigenvalue weighted by molar-refractivity contribution is 7.89. The molecule has 0 bridgehead atoms. The maximum absolute atomic E-state index is 12.5. The fourth-order valence-corrected chi connectivity index (χ4v) is 4.92. The Bertz CT molecular complexity index is 339. The summed E-state index contributed by atoms with van der Waals surface area (Å²) < 4.78 is 31.9. The molecule has 0 aromatic carbocycles. The Balaban J connectivity index is 2.11. The van der Waals surface area contributed by atoms with Gasteiger partial charge in [0.25, 0.3) is 0 Å². The molecule has 1 aliphatic carbocycles. The monoisotopic (exact) mass is 262 g/mol. The molecular weight excluding hydrogens is 240 g/mol. The molecule has 100 valence electrons. The summed E-state index contributed by atoms with van der Waals surface area (Å²) in [6.45, 7) is 1.72. The second-order valence-corrected chi connectivity index (χ2v) is 7.05. The topological polar surface area (TPSA) is 72.6 Å². The lowest BCUT2D eigenvalue weighted by Crippen LogP contribution is -2.54. The minimum Gasteiger partial charge on any atom is -0.378 e. The van der Waals surface area contributed by atoms with Crippen LogP contribution in [0.15, 0.2) is 0 Å². The van der Waals surface area contributed by atoms with E-state index >= 15 is 0 Å². The molecule has 1 atom stereocenters. The molecule has 1 aliphatic heterocycles. The molecule has 2 rings (SSSR count). The molecule has 0 aromatic rings. The van der Waals surface area contributed by atoms with Crippen LogP contribution in [-0.4, -0.2) is 50.3 Å². The number of hydrogen-bond acceptors (Lipinski definition) is 4. The predicted molar refractivity (Wildman–Crippen MR) is 66.2 cm³/mol. The largest absolute Gasteiger partial charge is 0.378 e. The number of sulfonamides is 1. The van der Waals surface area contributed by atoms with E-state index in [1.807, 2.05) is 0 Å². The van der Waals surface area contributed by atoms with E-state index in [0.29, 0.717) is 26.3 Å². The van der Waals surface area contributed by atoms with Crippen LogP contribution in [0.3, 0.4) is 0 Å². The van der Waals surface area contributed by atoms with Crippen molar-refractivity contribution in [3.63, 3.8) is 0 Å². The lowest BCUT2D eigenvalue weighted by Gasteiger charge is -2.37.